The number of carbonyl (C=O) groups is 2. The first kappa shape index (κ1) is 28.6. The van der Waals surface area contributed by atoms with E-state index in [1.54, 1.807) is 13.2 Å². The SMILES string of the molecule is COc1ccc(C(=O)NCC(C)(C)C)c(N2CCC(COc3cc(C(CC(=O)O)C4CC4)c(F)cn3)CC2)c1. The Morgan fingerprint density at radius 2 is 1.90 bits per heavy atom. The highest BCUT2D eigenvalue weighted by Gasteiger charge is 2.35. The van der Waals surface area contributed by atoms with Crippen molar-refractivity contribution >= 4 is 17.6 Å². The Bertz CT molecular complexity index is 1170. The van der Waals surface area contributed by atoms with Gasteiger partial charge in [0.05, 0.1) is 37.6 Å². The lowest BCUT2D eigenvalue weighted by atomic mass is 9.91. The molecule has 1 aromatic carbocycles. The maximum Gasteiger partial charge on any atom is 0.303 e. The number of ether oxygens (including phenoxy) is 2. The van der Waals surface area contributed by atoms with Crippen LogP contribution in [0.1, 0.15) is 74.7 Å². The summed E-state index contributed by atoms with van der Waals surface area (Å²) in [6.07, 6.45) is 4.60. The molecule has 2 N–H and O–H groups in total. The third-order valence-corrected chi connectivity index (χ3v) is 7.50. The van der Waals surface area contributed by atoms with Crippen molar-refractivity contribution in [3.63, 3.8) is 0 Å². The van der Waals surface area contributed by atoms with Crippen LogP contribution < -0.4 is 19.7 Å². The summed E-state index contributed by atoms with van der Waals surface area (Å²) < 4.78 is 26.0. The molecule has 2 fully saturated rings. The van der Waals surface area contributed by atoms with E-state index in [-0.39, 0.29) is 35.5 Å². The number of nitrogens with one attached hydrogen (secondary N) is 1. The van der Waals surface area contributed by atoms with Gasteiger partial charge in [0.15, 0.2) is 0 Å². The summed E-state index contributed by atoms with van der Waals surface area (Å²) in [5.41, 5.74) is 1.85. The molecule has 0 spiro atoms. The highest BCUT2D eigenvalue weighted by Crippen LogP contribution is 2.45. The molecule has 4 rings (SSSR count). The predicted octanol–water partition coefficient (Wildman–Crippen LogP) is 5.27. The minimum absolute atomic E-state index is 0.0180. The molecule has 8 nitrogen and oxygen atoms in total. The number of anilines is 1. The Kier molecular flexibility index (Phi) is 8.97. The van der Waals surface area contributed by atoms with Crippen LogP contribution in [-0.4, -0.2) is 55.3 Å². The van der Waals surface area contributed by atoms with E-state index in [0.717, 1.165) is 50.7 Å². The normalized spacial score (nSPS) is 17.0. The van der Waals surface area contributed by atoms with Crippen molar-refractivity contribution < 1.29 is 28.6 Å². The van der Waals surface area contributed by atoms with Gasteiger partial charge < -0.3 is 24.8 Å². The molecule has 1 unspecified atom stereocenters. The number of halogens is 1. The topological polar surface area (TPSA) is 101 Å². The van der Waals surface area contributed by atoms with Gasteiger partial charge in [0.2, 0.25) is 5.88 Å². The fourth-order valence-corrected chi connectivity index (χ4v) is 5.09. The first-order chi connectivity index (χ1) is 18.5. The standard InChI is InChI=1S/C30H40FN3O5/c1-30(2,3)18-33-29(37)22-8-7-21(38-4)13-26(22)34-11-9-19(10-12-34)17-39-27-14-24(25(31)16-32-27)23(15-28(35)36)20-5-6-20/h7-8,13-14,16,19-20,23H,5-6,9-12,15,17-18H2,1-4H3,(H,33,37)(H,35,36). The molecular formula is C30H40FN3O5. The fraction of sp³-hybridized carbons (Fsp3) is 0.567. The van der Waals surface area contributed by atoms with Gasteiger partial charge in [-0.05, 0) is 60.6 Å². The van der Waals surface area contributed by atoms with E-state index in [0.29, 0.717) is 35.9 Å². The van der Waals surface area contributed by atoms with Crippen LogP contribution in [0.25, 0.3) is 0 Å². The Morgan fingerprint density at radius 1 is 1.18 bits per heavy atom. The molecule has 2 aromatic rings. The van der Waals surface area contributed by atoms with Gasteiger partial charge in [-0.15, -0.1) is 0 Å². The number of methoxy groups -OCH3 is 1. The molecular weight excluding hydrogens is 501 g/mol. The van der Waals surface area contributed by atoms with Gasteiger partial charge >= 0.3 is 5.97 Å². The first-order valence-corrected chi connectivity index (χ1v) is 13.8. The van der Waals surface area contributed by atoms with Gasteiger partial charge in [0.1, 0.15) is 11.6 Å². The number of piperidine rings is 1. The number of aliphatic carboxylic acids is 1. The number of aromatic nitrogens is 1. The summed E-state index contributed by atoms with van der Waals surface area (Å²) in [7, 11) is 1.62. The highest BCUT2D eigenvalue weighted by atomic mass is 19.1. The van der Waals surface area contributed by atoms with E-state index in [2.05, 4.69) is 36.0 Å². The number of hydrogen-bond acceptors (Lipinski definition) is 6. The highest BCUT2D eigenvalue weighted by molar-refractivity contribution is 6.00. The van der Waals surface area contributed by atoms with Gasteiger partial charge in [0.25, 0.3) is 5.91 Å². The minimum Gasteiger partial charge on any atom is -0.497 e. The van der Waals surface area contributed by atoms with E-state index in [9.17, 15) is 19.1 Å². The van der Waals surface area contributed by atoms with Crippen LogP contribution in [0.4, 0.5) is 10.1 Å². The average Bonchev–Trinajstić information content (AvgIpc) is 3.75. The largest absolute Gasteiger partial charge is 0.497 e. The maximum absolute atomic E-state index is 14.6. The maximum atomic E-state index is 14.6. The van der Waals surface area contributed by atoms with Gasteiger partial charge in [-0.1, -0.05) is 20.8 Å². The zero-order valence-corrected chi connectivity index (χ0v) is 23.3. The second kappa shape index (κ2) is 12.2. The summed E-state index contributed by atoms with van der Waals surface area (Å²) in [4.78, 5) is 30.7. The second-order valence-electron chi connectivity index (χ2n) is 12.0. The summed E-state index contributed by atoms with van der Waals surface area (Å²) >= 11 is 0. The third-order valence-electron chi connectivity index (χ3n) is 7.50. The lowest BCUT2D eigenvalue weighted by Gasteiger charge is -2.34. The Balaban J connectivity index is 1.37. The molecule has 9 heteroatoms. The van der Waals surface area contributed by atoms with E-state index >= 15 is 0 Å². The van der Waals surface area contributed by atoms with Crippen LogP contribution in [-0.2, 0) is 4.79 Å². The lowest BCUT2D eigenvalue weighted by molar-refractivity contribution is -0.137. The number of rotatable bonds is 11. The third kappa shape index (κ3) is 7.83. The van der Waals surface area contributed by atoms with Crippen LogP contribution in [0.3, 0.4) is 0 Å². The van der Waals surface area contributed by atoms with Gasteiger partial charge in [0, 0.05) is 37.7 Å². The van der Waals surface area contributed by atoms with Gasteiger partial charge in [-0.2, -0.15) is 0 Å². The van der Waals surface area contributed by atoms with Crippen molar-refractivity contribution in [3.05, 3.63) is 47.4 Å². The average molecular weight is 542 g/mol. The number of carboxylic acids is 1. The summed E-state index contributed by atoms with van der Waals surface area (Å²) in [5.74, 6) is -0.347. The lowest BCUT2D eigenvalue weighted by Crippen LogP contribution is -2.38. The van der Waals surface area contributed by atoms with Crippen LogP contribution in [0.5, 0.6) is 11.6 Å². The molecule has 1 saturated carbocycles. The Morgan fingerprint density at radius 3 is 2.51 bits per heavy atom. The number of benzene rings is 1. The molecule has 2 heterocycles. The van der Waals surface area contributed by atoms with Crippen molar-refractivity contribution in [1.82, 2.24) is 10.3 Å². The van der Waals surface area contributed by atoms with Crippen LogP contribution in [0, 0.1) is 23.1 Å². The molecule has 212 valence electrons. The molecule has 1 aliphatic carbocycles. The summed E-state index contributed by atoms with van der Waals surface area (Å²) in [6.45, 7) is 8.77. The molecule has 1 aromatic heterocycles. The number of carbonyl (C=O) groups excluding carboxylic acids is 1. The zero-order chi connectivity index (χ0) is 28.2. The quantitative estimate of drug-likeness (QED) is 0.400. The van der Waals surface area contributed by atoms with E-state index in [4.69, 9.17) is 9.47 Å². The monoisotopic (exact) mass is 541 g/mol. The Hall–Kier alpha value is -3.36. The second-order valence-corrected chi connectivity index (χ2v) is 12.0. The van der Waals surface area contributed by atoms with Crippen LogP contribution >= 0.6 is 0 Å². The zero-order valence-electron chi connectivity index (χ0n) is 23.3. The first-order valence-electron chi connectivity index (χ1n) is 13.8. The summed E-state index contributed by atoms with van der Waals surface area (Å²) in [6, 6.07) is 7.12. The predicted molar refractivity (Wildman–Crippen MR) is 147 cm³/mol. The van der Waals surface area contributed by atoms with Gasteiger partial charge in [-0.3, -0.25) is 9.59 Å². The van der Waals surface area contributed by atoms with Gasteiger partial charge in [-0.25, -0.2) is 9.37 Å². The van der Waals surface area contributed by atoms with Crippen molar-refractivity contribution in [2.24, 2.45) is 17.3 Å². The molecule has 1 atom stereocenters. The summed E-state index contributed by atoms with van der Waals surface area (Å²) in [5, 5.41) is 12.3. The van der Waals surface area contributed by atoms with Crippen molar-refractivity contribution in [1.29, 1.82) is 0 Å². The van der Waals surface area contributed by atoms with E-state index in [1.165, 1.54) is 0 Å². The number of amides is 1. The Labute approximate surface area is 229 Å². The molecule has 39 heavy (non-hydrogen) atoms. The van der Waals surface area contributed by atoms with Crippen LogP contribution in [0.2, 0.25) is 0 Å². The minimum atomic E-state index is -0.928. The molecule has 1 saturated heterocycles. The molecule has 0 radical (unpaired) electrons. The molecule has 0 bridgehead atoms. The van der Waals surface area contributed by atoms with Crippen molar-refractivity contribution in [2.75, 3.05) is 38.3 Å². The van der Waals surface area contributed by atoms with E-state index in [1.807, 2.05) is 18.2 Å². The molecule has 1 amide bonds. The van der Waals surface area contributed by atoms with Crippen LogP contribution in [0.15, 0.2) is 30.5 Å². The van der Waals surface area contributed by atoms with E-state index < -0.39 is 11.8 Å². The number of pyridine rings is 1. The molecule has 2 aliphatic rings. The number of nitrogens with zero attached hydrogens (tertiary/aromatic N) is 2. The smallest absolute Gasteiger partial charge is 0.303 e. The molecule has 1 aliphatic heterocycles. The fourth-order valence-electron chi connectivity index (χ4n) is 5.09. The van der Waals surface area contributed by atoms with Crippen molar-refractivity contribution in [2.45, 2.75) is 58.8 Å². The number of carboxylic acid groups (broad SMARTS) is 1. The number of hydrogen-bond donors (Lipinski definition) is 2. The van der Waals surface area contributed by atoms with Crippen molar-refractivity contribution in [3.8, 4) is 11.6 Å².